The molecule has 0 saturated heterocycles. The zero-order valence-corrected chi connectivity index (χ0v) is 16.2. The van der Waals surface area contributed by atoms with Crippen LogP contribution in [0.25, 0.3) is 0 Å². The highest BCUT2D eigenvalue weighted by Gasteiger charge is 2.34. The van der Waals surface area contributed by atoms with Gasteiger partial charge >= 0.3 is 5.97 Å². The van der Waals surface area contributed by atoms with Crippen molar-refractivity contribution in [3.63, 3.8) is 0 Å². The standard InChI is InChI=1S/C19H31N3O4/c1-19(2,3)26-17(23)12-13(11-14-9-10-25-21-14)18(24)22(4)16-8-6-5-7-15(16)20/h9-10,13,15-16H,5-8,11-12,20H2,1-4H3/t13-,15+,16+/m1/s1. The number of aromatic nitrogens is 1. The highest BCUT2D eigenvalue weighted by molar-refractivity contribution is 5.84. The lowest BCUT2D eigenvalue weighted by atomic mass is 9.88. The monoisotopic (exact) mass is 365 g/mol. The molecule has 1 aromatic heterocycles. The quantitative estimate of drug-likeness (QED) is 0.777. The second-order valence-electron chi connectivity index (χ2n) is 8.15. The topological polar surface area (TPSA) is 98.7 Å². The van der Waals surface area contributed by atoms with E-state index in [0.717, 1.165) is 25.7 Å². The summed E-state index contributed by atoms with van der Waals surface area (Å²) in [5.74, 6) is -1.03. The number of carbonyl (C=O) groups excluding carboxylic acids is 2. The summed E-state index contributed by atoms with van der Waals surface area (Å²) in [6.07, 6.45) is 5.78. The lowest BCUT2D eigenvalue weighted by Crippen LogP contribution is -2.52. The molecule has 0 radical (unpaired) electrons. The third-order valence-corrected chi connectivity index (χ3v) is 4.76. The number of likely N-dealkylation sites (N-methyl/N-ethyl adjacent to an activating group) is 1. The van der Waals surface area contributed by atoms with Crippen LogP contribution in [0.2, 0.25) is 0 Å². The van der Waals surface area contributed by atoms with Crippen LogP contribution in [-0.2, 0) is 20.7 Å². The van der Waals surface area contributed by atoms with Gasteiger partial charge in [0.15, 0.2) is 0 Å². The van der Waals surface area contributed by atoms with Crippen LogP contribution in [0.5, 0.6) is 0 Å². The van der Waals surface area contributed by atoms with E-state index >= 15 is 0 Å². The van der Waals surface area contributed by atoms with Gasteiger partial charge < -0.3 is 19.9 Å². The molecule has 0 unspecified atom stereocenters. The molecule has 146 valence electrons. The molecule has 1 saturated carbocycles. The van der Waals surface area contributed by atoms with E-state index in [4.69, 9.17) is 15.0 Å². The van der Waals surface area contributed by atoms with Crippen LogP contribution in [0.3, 0.4) is 0 Å². The Labute approximate surface area is 155 Å². The smallest absolute Gasteiger partial charge is 0.307 e. The third-order valence-electron chi connectivity index (χ3n) is 4.76. The van der Waals surface area contributed by atoms with Crippen molar-refractivity contribution in [2.24, 2.45) is 11.7 Å². The van der Waals surface area contributed by atoms with Crippen molar-refractivity contribution in [3.8, 4) is 0 Å². The van der Waals surface area contributed by atoms with Crippen LogP contribution >= 0.6 is 0 Å². The zero-order chi connectivity index (χ0) is 19.3. The predicted molar refractivity (Wildman–Crippen MR) is 97.2 cm³/mol. The number of rotatable bonds is 6. The molecule has 26 heavy (non-hydrogen) atoms. The molecule has 0 spiro atoms. The summed E-state index contributed by atoms with van der Waals surface area (Å²) >= 11 is 0. The van der Waals surface area contributed by atoms with Gasteiger partial charge in [-0.3, -0.25) is 9.59 Å². The fourth-order valence-electron chi connectivity index (χ4n) is 3.50. The van der Waals surface area contributed by atoms with Gasteiger partial charge in [0.1, 0.15) is 11.9 Å². The molecule has 1 aliphatic carbocycles. The summed E-state index contributed by atoms with van der Waals surface area (Å²) < 4.78 is 10.3. The Bertz CT molecular complexity index is 594. The third kappa shape index (κ3) is 5.83. The molecule has 1 aromatic rings. The molecule has 1 heterocycles. The molecule has 7 nitrogen and oxygen atoms in total. The second-order valence-corrected chi connectivity index (χ2v) is 8.15. The summed E-state index contributed by atoms with van der Waals surface area (Å²) in [4.78, 5) is 27.1. The Hall–Kier alpha value is -1.89. The average molecular weight is 365 g/mol. The van der Waals surface area contributed by atoms with Gasteiger partial charge in [0.2, 0.25) is 5.91 Å². The number of amides is 1. The number of hydrogen-bond donors (Lipinski definition) is 1. The second kappa shape index (κ2) is 8.66. The Morgan fingerprint density at radius 1 is 1.38 bits per heavy atom. The van der Waals surface area contributed by atoms with Crippen molar-refractivity contribution < 1.29 is 18.8 Å². The Kier molecular flexibility index (Phi) is 6.81. The first-order valence-electron chi connectivity index (χ1n) is 9.30. The molecule has 0 aliphatic heterocycles. The van der Waals surface area contributed by atoms with E-state index < -0.39 is 11.5 Å². The minimum atomic E-state index is -0.587. The lowest BCUT2D eigenvalue weighted by molar-refractivity contribution is -0.158. The number of carbonyl (C=O) groups is 2. The summed E-state index contributed by atoms with van der Waals surface area (Å²) in [5, 5.41) is 3.88. The molecular formula is C19H31N3O4. The first-order chi connectivity index (χ1) is 12.2. The fraction of sp³-hybridized carbons (Fsp3) is 0.737. The van der Waals surface area contributed by atoms with Gasteiger partial charge in [-0.05, 0) is 33.6 Å². The highest BCUT2D eigenvalue weighted by Crippen LogP contribution is 2.24. The number of esters is 1. The maximum Gasteiger partial charge on any atom is 0.307 e. The molecular weight excluding hydrogens is 334 g/mol. The summed E-state index contributed by atoms with van der Waals surface area (Å²) in [6, 6.07) is 1.70. The SMILES string of the molecule is CN(C(=O)[C@@H](CC(=O)OC(C)(C)C)Cc1ccon1)[C@H]1CCCC[C@@H]1N. The first kappa shape index (κ1) is 20.4. The van der Waals surface area contributed by atoms with Crippen molar-refractivity contribution in [1.82, 2.24) is 10.1 Å². The molecule has 1 fully saturated rings. The molecule has 1 amide bonds. The van der Waals surface area contributed by atoms with Crippen molar-refractivity contribution in [3.05, 3.63) is 18.0 Å². The highest BCUT2D eigenvalue weighted by atomic mass is 16.6. The Balaban J connectivity index is 2.10. The molecule has 1 aliphatic rings. The van der Waals surface area contributed by atoms with E-state index in [-0.39, 0.29) is 30.4 Å². The largest absolute Gasteiger partial charge is 0.460 e. The van der Waals surface area contributed by atoms with Crippen LogP contribution in [0.1, 0.15) is 58.6 Å². The van der Waals surface area contributed by atoms with Gasteiger partial charge in [0, 0.05) is 31.6 Å². The molecule has 0 bridgehead atoms. The van der Waals surface area contributed by atoms with Crippen molar-refractivity contribution in [1.29, 1.82) is 0 Å². The maximum absolute atomic E-state index is 13.1. The van der Waals surface area contributed by atoms with Gasteiger partial charge in [-0.25, -0.2) is 0 Å². The minimum absolute atomic E-state index is 0.00898. The molecule has 2 N–H and O–H groups in total. The van der Waals surface area contributed by atoms with Crippen LogP contribution in [0, 0.1) is 5.92 Å². The van der Waals surface area contributed by atoms with Crippen molar-refractivity contribution in [2.75, 3.05) is 7.05 Å². The molecule has 7 heteroatoms. The summed E-state index contributed by atoms with van der Waals surface area (Å²) in [6.45, 7) is 5.44. The van der Waals surface area contributed by atoms with Crippen LogP contribution in [0.15, 0.2) is 16.9 Å². The Morgan fingerprint density at radius 3 is 2.65 bits per heavy atom. The normalized spacial score (nSPS) is 21.9. The van der Waals surface area contributed by atoms with Crippen LogP contribution in [0.4, 0.5) is 0 Å². The van der Waals surface area contributed by atoms with Gasteiger partial charge in [0.25, 0.3) is 0 Å². The van der Waals surface area contributed by atoms with E-state index in [1.54, 1.807) is 18.0 Å². The van der Waals surface area contributed by atoms with Crippen LogP contribution in [-0.4, -0.2) is 46.7 Å². The minimum Gasteiger partial charge on any atom is -0.460 e. The molecule has 0 aromatic carbocycles. The average Bonchev–Trinajstić information content (AvgIpc) is 3.04. The summed E-state index contributed by atoms with van der Waals surface area (Å²) in [7, 11) is 1.78. The fourth-order valence-corrected chi connectivity index (χ4v) is 3.50. The van der Waals surface area contributed by atoms with E-state index in [0.29, 0.717) is 12.1 Å². The van der Waals surface area contributed by atoms with E-state index in [1.807, 2.05) is 20.8 Å². The van der Waals surface area contributed by atoms with E-state index in [2.05, 4.69) is 5.16 Å². The van der Waals surface area contributed by atoms with Gasteiger partial charge in [0.05, 0.1) is 18.0 Å². The zero-order valence-electron chi connectivity index (χ0n) is 16.2. The molecule has 3 atom stereocenters. The van der Waals surface area contributed by atoms with E-state index in [1.165, 1.54) is 6.26 Å². The van der Waals surface area contributed by atoms with Crippen LogP contribution < -0.4 is 5.73 Å². The summed E-state index contributed by atoms with van der Waals surface area (Å²) in [5.41, 5.74) is 6.28. The first-order valence-corrected chi connectivity index (χ1v) is 9.30. The maximum atomic E-state index is 13.1. The number of hydrogen-bond acceptors (Lipinski definition) is 6. The Morgan fingerprint density at radius 2 is 2.08 bits per heavy atom. The number of ether oxygens (including phenoxy) is 1. The predicted octanol–water partition coefficient (Wildman–Crippen LogP) is 2.29. The van der Waals surface area contributed by atoms with Crippen molar-refractivity contribution >= 4 is 11.9 Å². The molecule has 2 rings (SSSR count). The van der Waals surface area contributed by atoms with Gasteiger partial charge in [-0.1, -0.05) is 18.0 Å². The lowest BCUT2D eigenvalue weighted by Gasteiger charge is -2.37. The van der Waals surface area contributed by atoms with Gasteiger partial charge in [-0.2, -0.15) is 0 Å². The van der Waals surface area contributed by atoms with E-state index in [9.17, 15) is 9.59 Å². The number of nitrogens with zero attached hydrogens (tertiary/aromatic N) is 2. The van der Waals surface area contributed by atoms with Gasteiger partial charge in [-0.15, -0.1) is 0 Å². The number of nitrogens with two attached hydrogens (primary N) is 1. The van der Waals surface area contributed by atoms with Crippen molar-refractivity contribution in [2.45, 2.75) is 77.0 Å².